The van der Waals surface area contributed by atoms with E-state index in [0.29, 0.717) is 6.42 Å². The maximum absolute atomic E-state index is 12.2. The normalized spacial score (nSPS) is 11.2. The lowest BCUT2D eigenvalue weighted by atomic mass is 10.2. The Bertz CT molecular complexity index is 971. The molecule has 0 bridgehead atoms. The Kier molecular flexibility index (Phi) is 3.96. The minimum Gasteiger partial charge on any atom is -0.324 e. The van der Waals surface area contributed by atoms with E-state index in [9.17, 15) is 4.79 Å². The van der Waals surface area contributed by atoms with Crippen LogP contribution in [-0.4, -0.2) is 21.1 Å². The number of aromatic amines is 1. The number of carbonyl (C=O) groups excluding carboxylic acids is 1. The summed E-state index contributed by atoms with van der Waals surface area (Å²) in [6, 6.07) is 13.9. The fourth-order valence-electron chi connectivity index (χ4n) is 2.71. The van der Waals surface area contributed by atoms with Gasteiger partial charge in [-0.3, -0.25) is 9.89 Å². The first kappa shape index (κ1) is 14.8. The Labute approximate surface area is 142 Å². The molecule has 0 radical (unpaired) electrons. The van der Waals surface area contributed by atoms with Crippen LogP contribution in [0.3, 0.4) is 0 Å². The zero-order valence-electron chi connectivity index (χ0n) is 13.0. The van der Waals surface area contributed by atoms with Crippen molar-refractivity contribution in [3.05, 3.63) is 53.7 Å². The van der Waals surface area contributed by atoms with Gasteiger partial charge in [-0.1, -0.05) is 24.3 Å². The lowest BCUT2D eigenvalue weighted by Crippen LogP contribution is -2.11. The first-order valence-corrected chi connectivity index (χ1v) is 8.68. The second-order valence-corrected chi connectivity index (χ2v) is 6.73. The molecule has 4 aromatic rings. The largest absolute Gasteiger partial charge is 0.324 e. The number of para-hydroxylation sites is 2. The van der Waals surface area contributed by atoms with Crippen molar-refractivity contribution in [2.75, 3.05) is 5.32 Å². The number of benzene rings is 2. The van der Waals surface area contributed by atoms with Gasteiger partial charge in [-0.05, 0) is 31.0 Å². The highest BCUT2D eigenvalue weighted by Gasteiger charge is 2.08. The molecule has 2 aromatic heterocycles. The van der Waals surface area contributed by atoms with Crippen LogP contribution >= 0.6 is 11.3 Å². The van der Waals surface area contributed by atoms with Crippen LogP contribution in [0, 0.1) is 0 Å². The van der Waals surface area contributed by atoms with E-state index >= 15 is 0 Å². The van der Waals surface area contributed by atoms with Crippen molar-refractivity contribution in [3.8, 4) is 0 Å². The van der Waals surface area contributed by atoms with Gasteiger partial charge in [-0.2, -0.15) is 5.10 Å². The Balaban J connectivity index is 1.35. The molecule has 2 aromatic carbocycles. The van der Waals surface area contributed by atoms with Crippen LogP contribution in [-0.2, 0) is 11.2 Å². The Morgan fingerprint density at radius 1 is 1.17 bits per heavy atom. The van der Waals surface area contributed by atoms with Crippen molar-refractivity contribution in [2.45, 2.75) is 19.3 Å². The molecule has 0 fully saturated rings. The Morgan fingerprint density at radius 2 is 2.08 bits per heavy atom. The third kappa shape index (κ3) is 3.00. The van der Waals surface area contributed by atoms with Gasteiger partial charge in [-0.15, -0.1) is 11.3 Å². The average Bonchev–Trinajstić information content (AvgIpc) is 3.21. The third-order valence-corrected chi connectivity index (χ3v) is 4.98. The number of H-pyrrole nitrogens is 1. The fourth-order valence-corrected chi connectivity index (χ4v) is 3.72. The van der Waals surface area contributed by atoms with Crippen LogP contribution < -0.4 is 5.32 Å². The van der Waals surface area contributed by atoms with E-state index in [-0.39, 0.29) is 5.91 Å². The number of aryl methyl sites for hydroxylation is 1. The fraction of sp³-hybridized carbons (Fsp3) is 0.167. The molecule has 2 N–H and O–H groups in total. The van der Waals surface area contributed by atoms with Crippen LogP contribution in [0.5, 0.6) is 0 Å². The highest BCUT2D eigenvalue weighted by atomic mass is 32.1. The molecule has 24 heavy (non-hydrogen) atoms. The standard InChI is InChI=1S/C18H16N4OS/c23-16(20-14-7-3-5-12-11-19-22-18(12)14)9-4-10-17-21-13-6-1-2-8-15(13)24-17/h1-3,5-8,11H,4,9-10H2,(H,19,22)(H,20,23). The number of hydrogen-bond acceptors (Lipinski definition) is 4. The maximum Gasteiger partial charge on any atom is 0.224 e. The van der Waals surface area contributed by atoms with Crippen LogP contribution in [0.15, 0.2) is 48.7 Å². The molecule has 120 valence electrons. The summed E-state index contributed by atoms with van der Waals surface area (Å²) in [5.41, 5.74) is 2.67. The predicted molar refractivity (Wildman–Crippen MR) is 97.3 cm³/mol. The van der Waals surface area contributed by atoms with Crippen LogP contribution in [0.25, 0.3) is 21.1 Å². The van der Waals surface area contributed by atoms with E-state index in [0.717, 1.165) is 40.0 Å². The molecule has 2 heterocycles. The van der Waals surface area contributed by atoms with Gasteiger partial charge in [0.1, 0.15) is 0 Å². The molecule has 0 spiro atoms. The summed E-state index contributed by atoms with van der Waals surface area (Å²) in [5, 5.41) is 12.0. The first-order valence-electron chi connectivity index (χ1n) is 7.86. The molecule has 5 nitrogen and oxygen atoms in total. The molecular formula is C18H16N4OS. The number of anilines is 1. The van der Waals surface area contributed by atoms with E-state index in [2.05, 4.69) is 26.6 Å². The van der Waals surface area contributed by atoms with Gasteiger partial charge < -0.3 is 5.32 Å². The van der Waals surface area contributed by atoms with E-state index in [4.69, 9.17) is 0 Å². The Hall–Kier alpha value is -2.73. The van der Waals surface area contributed by atoms with Crippen molar-refractivity contribution in [1.29, 1.82) is 0 Å². The molecular weight excluding hydrogens is 320 g/mol. The minimum atomic E-state index is 0.0122. The van der Waals surface area contributed by atoms with Crippen LogP contribution in [0.4, 0.5) is 5.69 Å². The average molecular weight is 336 g/mol. The zero-order chi connectivity index (χ0) is 16.4. The summed E-state index contributed by atoms with van der Waals surface area (Å²) in [4.78, 5) is 16.8. The van der Waals surface area contributed by atoms with Crippen molar-refractivity contribution in [2.24, 2.45) is 0 Å². The number of aromatic nitrogens is 3. The highest BCUT2D eigenvalue weighted by molar-refractivity contribution is 7.18. The topological polar surface area (TPSA) is 70.7 Å². The molecule has 0 saturated heterocycles. The number of rotatable bonds is 5. The second-order valence-electron chi connectivity index (χ2n) is 5.62. The van der Waals surface area contributed by atoms with Gasteiger partial charge >= 0.3 is 0 Å². The molecule has 0 aliphatic carbocycles. The van der Waals surface area contributed by atoms with Crippen LogP contribution in [0.2, 0.25) is 0 Å². The predicted octanol–water partition coefficient (Wildman–Crippen LogP) is 4.13. The molecule has 0 aliphatic rings. The van der Waals surface area contributed by atoms with Gasteiger partial charge in [0, 0.05) is 11.8 Å². The maximum atomic E-state index is 12.2. The third-order valence-electron chi connectivity index (χ3n) is 3.88. The van der Waals surface area contributed by atoms with Crippen molar-refractivity contribution in [1.82, 2.24) is 15.2 Å². The highest BCUT2D eigenvalue weighted by Crippen LogP contribution is 2.23. The van der Waals surface area contributed by atoms with E-state index < -0.39 is 0 Å². The summed E-state index contributed by atoms with van der Waals surface area (Å²) >= 11 is 1.70. The number of nitrogens with one attached hydrogen (secondary N) is 2. The second kappa shape index (κ2) is 6.41. The molecule has 0 unspecified atom stereocenters. The summed E-state index contributed by atoms with van der Waals surface area (Å²) in [5.74, 6) is 0.0122. The molecule has 0 aliphatic heterocycles. The quantitative estimate of drug-likeness (QED) is 0.575. The molecule has 0 saturated carbocycles. The lowest BCUT2D eigenvalue weighted by Gasteiger charge is -2.05. The first-order chi connectivity index (χ1) is 11.8. The summed E-state index contributed by atoms with van der Waals surface area (Å²) in [6.45, 7) is 0. The van der Waals surface area contributed by atoms with E-state index in [1.807, 2.05) is 36.4 Å². The number of fused-ring (bicyclic) bond motifs is 2. The minimum absolute atomic E-state index is 0.0122. The van der Waals surface area contributed by atoms with Gasteiger partial charge in [0.15, 0.2) is 0 Å². The monoisotopic (exact) mass is 336 g/mol. The SMILES string of the molecule is O=C(CCCc1nc2ccccc2s1)Nc1cccc2cn[nH]c12. The van der Waals surface area contributed by atoms with E-state index in [1.165, 1.54) is 4.70 Å². The summed E-state index contributed by atoms with van der Waals surface area (Å²) in [6.07, 6.45) is 3.82. The molecule has 6 heteroatoms. The van der Waals surface area contributed by atoms with Crippen molar-refractivity contribution in [3.63, 3.8) is 0 Å². The lowest BCUT2D eigenvalue weighted by molar-refractivity contribution is -0.116. The number of amides is 1. The molecule has 0 atom stereocenters. The number of thiazole rings is 1. The summed E-state index contributed by atoms with van der Waals surface area (Å²) in [7, 11) is 0. The zero-order valence-corrected chi connectivity index (χ0v) is 13.8. The van der Waals surface area contributed by atoms with Gasteiger partial charge in [0.25, 0.3) is 0 Å². The van der Waals surface area contributed by atoms with E-state index in [1.54, 1.807) is 17.5 Å². The van der Waals surface area contributed by atoms with Gasteiger partial charge in [0.2, 0.25) is 5.91 Å². The molecule has 1 amide bonds. The van der Waals surface area contributed by atoms with Gasteiger partial charge in [-0.25, -0.2) is 4.98 Å². The van der Waals surface area contributed by atoms with Crippen molar-refractivity contribution < 1.29 is 4.79 Å². The number of nitrogens with zero attached hydrogens (tertiary/aromatic N) is 2. The van der Waals surface area contributed by atoms with Crippen LogP contribution in [0.1, 0.15) is 17.8 Å². The Morgan fingerprint density at radius 3 is 3.00 bits per heavy atom. The number of hydrogen-bond donors (Lipinski definition) is 2. The number of carbonyl (C=O) groups is 1. The molecule has 4 rings (SSSR count). The summed E-state index contributed by atoms with van der Waals surface area (Å²) < 4.78 is 1.20. The van der Waals surface area contributed by atoms with Crippen molar-refractivity contribution >= 4 is 44.1 Å². The smallest absolute Gasteiger partial charge is 0.224 e. The van der Waals surface area contributed by atoms with Gasteiger partial charge in [0.05, 0.1) is 32.6 Å².